The molecule has 0 bridgehead atoms. The first-order chi connectivity index (χ1) is 11.1. The summed E-state index contributed by atoms with van der Waals surface area (Å²) in [5.74, 6) is -0.814. The Kier molecular flexibility index (Phi) is 4.51. The van der Waals surface area contributed by atoms with Gasteiger partial charge in [0.2, 0.25) is 11.8 Å². The van der Waals surface area contributed by atoms with Gasteiger partial charge in [-0.1, -0.05) is 18.2 Å². The van der Waals surface area contributed by atoms with Crippen molar-refractivity contribution in [3.8, 4) is 5.75 Å². The Morgan fingerprint density at radius 2 is 2.09 bits per heavy atom. The molecule has 0 aliphatic carbocycles. The van der Waals surface area contributed by atoms with Crippen LogP contribution >= 0.6 is 22.6 Å². The molecule has 0 fully saturated rings. The lowest BCUT2D eigenvalue weighted by molar-refractivity contribution is -0.129. The minimum Gasteiger partial charge on any atom is -0.495 e. The lowest BCUT2D eigenvalue weighted by atomic mass is 9.92. The summed E-state index contributed by atoms with van der Waals surface area (Å²) in [5, 5.41) is 5.59. The SMILES string of the molecule is COc1ccc(I)cc1NC(=O)C1Cc2ccccc2NC1=O. The number of ether oxygens (including phenoxy) is 1. The van der Waals surface area contributed by atoms with E-state index in [0.29, 0.717) is 17.9 Å². The molecule has 1 atom stereocenters. The van der Waals surface area contributed by atoms with Crippen LogP contribution in [0, 0.1) is 9.49 Å². The minimum absolute atomic E-state index is 0.286. The van der Waals surface area contributed by atoms with Crippen LogP contribution in [0.5, 0.6) is 5.75 Å². The molecule has 0 aromatic heterocycles. The van der Waals surface area contributed by atoms with Crippen LogP contribution < -0.4 is 15.4 Å². The molecule has 2 N–H and O–H groups in total. The Morgan fingerprint density at radius 1 is 1.30 bits per heavy atom. The van der Waals surface area contributed by atoms with Gasteiger partial charge in [-0.15, -0.1) is 0 Å². The van der Waals surface area contributed by atoms with Gasteiger partial charge in [0.15, 0.2) is 0 Å². The van der Waals surface area contributed by atoms with Crippen LogP contribution in [0.2, 0.25) is 0 Å². The molecular formula is C17H15IN2O3. The van der Waals surface area contributed by atoms with Crippen LogP contribution in [0.3, 0.4) is 0 Å². The van der Waals surface area contributed by atoms with E-state index in [9.17, 15) is 9.59 Å². The van der Waals surface area contributed by atoms with Crippen molar-refractivity contribution in [2.45, 2.75) is 6.42 Å². The molecule has 118 valence electrons. The number of hydrogen-bond acceptors (Lipinski definition) is 3. The maximum absolute atomic E-state index is 12.5. The minimum atomic E-state index is -0.757. The highest BCUT2D eigenvalue weighted by Gasteiger charge is 2.32. The van der Waals surface area contributed by atoms with Gasteiger partial charge in [0.25, 0.3) is 0 Å². The highest BCUT2D eigenvalue weighted by Crippen LogP contribution is 2.29. The number of hydrogen-bond donors (Lipinski definition) is 2. The summed E-state index contributed by atoms with van der Waals surface area (Å²) < 4.78 is 6.22. The van der Waals surface area contributed by atoms with Gasteiger partial charge in [-0.3, -0.25) is 9.59 Å². The maximum atomic E-state index is 12.5. The first-order valence-electron chi connectivity index (χ1n) is 7.11. The topological polar surface area (TPSA) is 67.4 Å². The van der Waals surface area contributed by atoms with Crippen LogP contribution in [-0.2, 0) is 16.0 Å². The van der Waals surface area contributed by atoms with E-state index in [4.69, 9.17) is 4.74 Å². The van der Waals surface area contributed by atoms with E-state index in [2.05, 4.69) is 33.2 Å². The molecule has 1 aliphatic rings. The lowest BCUT2D eigenvalue weighted by Gasteiger charge is -2.24. The number of nitrogens with one attached hydrogen (secondary N) is 2. The number of anilines is 2. The van der Waals surface area contributed by atoms with Crippen LogP contribution in [0.4, 0.5) is 11.4 Å². The molecule has 23 heavy (non-hydrogen) atoms. The molecule has 5 nitrogen and oxygen atoms in total. The highest BCUT2D eigenvalue weighted by atomic mass is 127. The molecule has 0 spiro atoms. The van der Waals surface area contributed by atoms with Crippen molar-refractivity contribution in [2.24, 2.45) is 5.92 Å². The molecule has 1 heterocycles. The van der Waals surface area contributed by atoms with E-state index in [-0.39, 0.29) is 11.8 Å². The van der Waals surface area contributed by atoms with Gasteiger partial charge in [-0.25, -0.2) is 0 Å². The summed E-state index contributed by atoms with van der Waals surface area (Å²) >= 11 is 2.16. The van der Waals surface area contributed by atoms with Crippen molar-refractivity contribution in [1.29, 1.82) is 0 Å². The Bertz CT molecular complexity index is 776. The second-order valence-corrected chi connectivity index (χ2v) is 6.48. The fourth-order valence-electron chi connectivity index (χ4n) is 2.56. The molecular weight excluding hydrogens is 407 g/mol. The van der Waals surface area contributed by atoms with E-state index in [1.54, 1.807) is 13.2 Å². The maximum Gasteiger partial charge on any atom is 0.237 e. The van der Waals surface area contributed by atoms with Gasteiger partial charge in [0, 0.05) is 9.26 Å². The van der Waals surface area contributed by atoms with Gasteiger partial charge in [0.1, 0.15) is 11.7 Å². The number of para-hydroxylation sites is 1. The standard InChI is InChI=1S/C17H15IN2O3/c1-23-15-7-6-11(18)9-14(15)20-17(22)12-8-10-4-2-3-5-13(10)19-16(12)21/h2-7,9,12H,8H2,1H3,(H,19,21)(H,20,22). The fourth-order valence-corrected chi connectivity index (χ4v) is 3.05. The number of amides is 2. The third-order valence-corrected chi connectivity index (χ3v) is 4.42. The monoisotopic (exact) mass is 422 g/mol. The zero-order valence-electron chi connectivity index (χ0n) is 12.4. The quantitative estimate of drug-likeness (QED) is 0.591. The molecule has 0 radical (unpaired) electrons. The second kappa shape index (κ2) is 6.57. The van der Waals surface area contributed by atoms with Gasteiger partial charge < -0.3 is 15.4 Å². The Hall–Kier alpha value is -2.09. The van der Waals surface area contributed by atoms with Crippen LogP contribution in [-0.4, -0.2) is 18.9 Å². The average molecular weight is 422 g/mol. The van der Waals surface area contributed by atoms with Gasteiger partial charge in [-0.2, -0.15) is 0 Å². The summed E-state index contributed by atoms with van der Waals surface area (Å²) in [6.45, 7) is 0. The largest absolute Gasteiger partial charge is 0.495 e. The summed E-state index contributed by atoms with van der Waals surface area (Å²) in [4.78, 5) is 24.7. The predicted molar refractivity (Wildman–Crippen MR) is 96.6 cm³/mol. The highest BCUT2D eigenvalue weighted by molar-refractivity contribution is 14.1. The van der Waals surface area contributed by atoms with Crippen molar-refractivity contribution in [1.82, 2.24) is 0 Å². The van der Waals surface area contributed by atoms with E-state index in [1.807, 2.05) is 36.4 Å². The molecule has 2 aromatic carbocycles. The Morgan fingerprint density at radius 3 is 2.87 bits per heavy atom. The van der Waals surface area contributed by atoms with Crippen molar-refractivity contribution in [3.63, 3.8) is 0 Å². The summed E-state index contributed by atoms with van der Waals surface area (Å²) in [7, 11) is 1.54. The van der Waals surface area contributed by atoms with E-state index >= 15 is 0 Å². The Labute approximate surface area is 147 Å². The first kappa shape index (κ1) is 15.8. The number of rotatable bonds is 3. The van der Waals surface area contributed by atoms with Crippen LogP contribution in [0.25, 0.3) is 0 Å². The normalized spacial score (nSPS) is 16.3. The molecule has 3 rings (SSSR count). The van der Waals surface area contributed by atoms with Gasteiger partial charge >= 0.3 is 0 Å². The summed E-state index contributed by atoms with van der Waals surface area (Å²) in [6.07, 6.45) is 0.389. The molecule has 0 saturated carbocycles. The van der Waals surface area contributed by atoms with Crippen LogP contribution in [0.15, 0.2) is 42.5 Å². The molecule has 0 saturated heterocycles. The van der Waals surface area contributed by atoms with Crippen molar-refractivity contribution in [2.75, 3.05) is 17.7 Å². The van der Waals surface area contributed by atoms with Crippen molar-refractivity contribution in [3.05, 3.63) is 51.6 Å². The number of methoxy groups -OCH3 is 1. The molecule has 2 amide bonds. The third kappa shape index (κ3) is 3.31. The van der Waals surface area contributed by atoms with E-state index in [0.717, 1.165) is 14.8 Å². The van der Waals surface area contributed by atoms with Gasteiger partial charge in [0.05, 0.1) is 12.8 Å². The molecule has 1 aliphatic heterocycles. The molecule has 2 aromatic rings. The zero-order chi connectivity index (χ0) is 16.4. The number of benzene rings is 2. The summed E-state index contributed by atoms with van der Waals surface area (Å²) in [5.41, 5.74) is 2.30. The molecule has 6 heteroatoms. The number of halogens is 1. The van der Waals surface area contributed by atoms with E-state index in [1.165, 1.54) is 0 Å². The Balaban J connectivity index is 1.82. The van der Waals surface area contributed by atoms with Crippen molar-refractivity contribution >= 4 is 45.8 Å². The third-order valence-electron chi connectivity index (χ3n) is 3.75. The second-order valence-electron chi connectivity index (χ2n) is 5.24. The van der Waals surface area contributed by atoms with E-state index < -0.39 is 5.92 Å². The van der Waals surface area contributed by atoms with Crippen molar-refractivity contribution < 1.29 is 14.3 Å². The smallest absolute Gasteiger partial charge is 0.237 e. The van der Waals surface area contributed by atoms with Crippen LogP contribution in [0.1, 0.15) is 5.56 Å². The summed E-state index contributed by atoms with van der Waals surface area (Å²) in [6, 6.07) is 13.0. The number of carbonyl (C=O) groups is 2. The van der Waals surface area contributed by atoms with Gasteiger partial charge in [-0.05, 0) is 58.8 Å². The predicted octanol–water partition coefficient (Wildman–Crippen LogP) is 3.05. The lowest BCUT2D eigenvalue weighted by Crippen LogP contribution is -2.38. The average Bonchev–Trinajstić information content (AvgIpc) is 2.54. The zero-order valence-corrected chi connectivity index (χ0v) is 14.6. The fraction of sp³-hybridized carbons (Fsp3) is 0.176. The molecule has 1 unspecified atom stereocenters. The number of fused-ring (bicyclic) bond motifs is 1. The first-order valence-corrected chi connectivity index (χ1v) is 8.19. The number of carbonyl (C=O) groups excluding carboxylic acids is 2.